The number of amides is 3. The standard InChI is InChI=1S/C16H18N2O3/c1-10-9-17(11(2)19)8-7-14(10)18-15(20)12-5-3-4-6-13(12)16(18)21/h3-6,10,14H,7-9H2,1-2H3/t10-,14+/m0/s1. The van der Waals surface area contributed by atoms with E-state index in [0.29, 0.717) is 30.6 Å². The van der Waals surface area contributed by atoms with Crippen molar-refractivity contribution in [1.29, 1.82) is 0 Å². The molecule has 0 aromatic heterocycles. The van der Waals surface area contributed by atoms with E-state index in [1.54, 1.807) is 36.1 Å². The molecule has 1 aromatic carbocycles. The topological polar surface area (TPSA) is 57.7 Å². The van der Waals surface area contributed by atoms with Gasteiger partial charge < -0.3 is 4.90 Å². The van der Waals surface area contributed by atoms with Crippen LogP contribution in [-0.4, -0.2) is 46.7 Å². The van der Waals surface area contributed by atoms with Gasteiger partial charge in [0.2, 0.25) is 5.91 Å². The third-order valence-corrected chi connectivity index (χ3v) is 4.46. The molecule has 0 radical (unpaired) electrons. The van der Waals surface area contributed by atoms with Crippen LogP contribution in [0.25, 0.3) is 0 Å². The van der Waals surface area contributed by atoms with Crippen LogP contribution in [0, 0.1) is 5.92 Å². The highest BCUT2D eigenvalue weighted by Crippen LogP contribution is 2.30. The number of hydrogen-bond donors (Lipinski definition) is 0. The van der Waals surface area contributed by atoms with Crippen molar-refractivity contribution >= 4 is 17.7 Å². The highest BCUT2D eigenvalue weighted by Gasteiger charge is 2.43. The highest BCUT2D eigenvalue weighted by atomic mass is 16.2. The second kappa shape index (κ2) is 4.98. The number of hydrogen-bond acceptors (Lipinski definition) is 3. The molecule has 1 saturated heterocycles. The molecule has 1 aromatic rings. The number of carbonyl (C=O) groups is 3. The summed E-state index contributed by atoms with van der Waals surface area (Å²) in [5.74, 6) is -0.278. The number of benzene rings is 1. The average Bonchev–Trinajstić information content (AvgIpc) is 2.72. The molecule has 0 aliphatic carbocycles. The first-order valence-electron chi connectivity index (χ1n) is 7.23. The smallest absolute Gasteiger partial charge is 0.261 e. The van der Waals surface area contributed by atoms with Gasteiger partial charge in [0, 0.05) is 26.1 Å². The fourth-order valence-electron chi connectivity index (χ4n) is 3.31. The number of fused-ring (bicyclic) bond motifs is 1. The fraction of sp³-hybridized carbons (Fsp3) is 0.438. The molecule has 5 heteroatoms. The second-order valence-electron chi connectivity index (χ2n) is 5.82. The number of imide groups is 1. The van der Waals surface area contributed by atoms with Crippen molar-refractivity contribution in [2.45, 2.75) is 26.3 Å². The molecule has 0 unspecified atom stereocenters. The summed E-state index contributed by atoms with van der Waals surface area (Å²) in [4.78, 5) is 39.6. The van der Waals surface area contributed by atoms with Crippen LogP contribution < -0.4 is 0 Å². The Labute approximate surface area is 123 Å². The lowest BCUT2D eigenvalue weighted by atomic mass is 9.92. The Kier molecular flexibility index (Phi) is 3.27. The van der Waals surface area contributed by atoms with Gasteiger partial charge in [0.25, 0.3) is 11.8 Å². The number of rotatable bonds is 1. The van der Waals surface area contributed by atoms with Crippen molar-refractivity contribution in [2.24, 2.45) is 5.92 Å². The molecule has 1 fully saturated rings. The van der Waals surface area contributed by atoms with E-state index in [9.17, 15) is 14.4 Å². The lowest BCUT2D eigenvalue weighted by molar-refractivity contribution is -0.131. The minimum atomic E-state index is -0.205. The van der Waals surface area contributed by atoms with Gasteiger partial charge >= 0.3 is 0 Å². The first-order chi connectivity index (χ1) is 10.0. The summed E-state index contributed by atoms with van der Waals surface area (Å²) in [7, 11) is 0. The van der Waals surface area contributed by atoms with Crippen LogP contribution in [0.3, 0.4) is 0 Å². The normalized spacial score (nSPS) is 25.2. The highest BCUT2D eigenvalue weighted by molar-refractivity contribution is 6.21. The third-order valence-electron chi connectivity index (χ3n) is 4.46. The maximum Gasteiger partial charge on any atom is 0.261 e. The molecule has 3 amide bonds. The Morgan fingerprint density at radius 2 is 1.71 bits per heavy atom. The molecular formula is C16H18N2O3. The molecule has 110 valence electrons. The van der Waals surface area contributed by atoms with Gasteiger partial charge in [-0.25, -0.2) is 0 Å². The van der Waals surface area contributed by atoms with Crippen LogP contribution in [-0.2, 0) is 4.79 Å². The van der Waals surface area contributed by atoms with Crippen molar-refractivity contribution < 1.29 is 14.4 Å². The molecule has 2 aliphatic rings. The molecule has 2 atom stereocenters. The molecule has 5 nitrogen and oxygen atoms in total. The van der Waals surface area contributed by atoms with Gasteiger partial charge in [-0.05, 0) is 24.5 Å². The molecule has 2 heterocycles. The minimum Gasteiger partial charge on any atom is -0.343 e. The molecule has 0 saturated carbocycles. The van der Waals surface area contributed by atoms with E-state index in [4.69, 9.17) is 0 Å². The first-order valence-corrected chi connectivity index (χ1v) is 7.23. The summed E-state index contributed by atoms with van der Waals surface area (Å²) in [5, 5.41) is 0. The van der Waals surface area contributed by atoms with E-state index in [1.165, 1.54) is 4.90 Å². The van der Waals surface area contributed by atoms with Gasteiger partial charge in [-0.15, -0.1) is 0 Å². The summed E-state index contributed by atoms with van der Waals surface area (Å²) in [6.07, 6.45) is 0.645. The Morgan fingerprint density at radius 3 is 2.19 bits per heavy atom. The van der Waals surface area contributed by atoms with Crippen molar-refractivity contribution in [2.75, 3.05) is 13.1 Å². The zero-order valence-electron chi connectivity index (χ0n) is 12.2. The lowest BCUT2D eigenvalue weighted by Gasteiger charge is -2.40. The van der Waals surface area contributed by atoms with Gasteiger partial charge in [-0.3, -0.25) is 19.3 Å². The van der Waals surface area contributed by atoms with E-state index < -0.39 is 0 Å². The van der Waals surface area contributed by atoms with Crippen LogP contribution in [0.5, 0.6) is 0 Å². The first kappa shape index (κ1) is 13.8. The maximum absolute atomic E-state index is 12.5. The van der Waals surface area contributed by atoms with Crippen molar-refractivity contribution in [3.63, 3.8) is 0 Å². The van der Waals surface area contributed by atoms with E-state index in [2.05, 4.69) is 0 Å². The predicted molar refractivity (Wildman–Crippen MR) is 76.8 cm³/mol. The molecule has 21 heavy (non-hydrogen) atoms. The number of carbonyl (C=O) groups excluding carboxylic acids is 3. The van der Waals surface area contributed by atoms with E-state index in [0.717, 1.165) is 0 Å². The van der Waals surface area contributed by atoms with Crippen LogP contribution in [0.1, 0.15) is 41.0 Å². The predicted octanol–water partition coefficient (Wildman–Crippen LogP) is 1.54. The number of piperidine rings is 1. The maximum atomic E-state index is 12.5. The number of nitrogens with zero attached hydrogens (tertiary/aromatic N) is 2. The molecule has 0 N–H and O–H groups in total. The zero-order chi connectivity index (χ0) is 15.1. The monoisotopic (exact) mass is 286 g/mol. The molecular weight excluding hydrogens is 268 g/mol. The largest absolute Gasteiger partial charge is 0.343 e. The molecule has 3 rings (SSSR count). The summed E-state index contributed by atoms with van der Waals surface area (Å²) in [6, 6.07) is 6.81. The quantitative estimate of drug-likeness (QED) is 0.736. The molecule has 0 spiro atoms. The minimum absolute atomic E-state index is 0.0441. The average molecular weight is 286 g/mol. The summed E-state index contributed by atoms with van der Waals surface area (Å²) in [5.41, 5.74) is 0.979. The van der Waals surface area contributed by atoms with Gasteiger partial charge in [0.1, 0.15) is 0 Å². The Morgan fingerprint density at radius 1 is 1.14 bits per heavy atom. The summed E-state index contributed by atoms with van der Waals surface area (Å²) in [6.45, 7) is 4.73. The fourth-order valence-corrected chi connectivity index (χ4v) is 3.31. The summed E-state index contributed by atoms with van der Waals surface area (Å²) < 4.78 is 0. The lowest BCUT2D eigenvalue weighted by Crippen LogP contribution is -2.52. The second-order valence-corrected chi connectivity index (χ2v) is 5.82. The SMILES string of the molecule is CC(=O)N1CC[C@@H](N2C(=O)c3ccccc3C2=O)[C@@H](C)C1. The van der Waals surface area contributed by atoms with Gasteiger partial charge in [-0.1, -0.05) is 19.1 Å². The summed E-state index contributed by atoms with van der Waals surface area (Å²) >= 11 is 0. The molecule has 0 bridgehead atoms. The zero-order valence-corrected chi connectivity index (χ0v) is 12.2. The number of likely N-dealkylation sites (tertiary alicyclic amines) is 1. The van der Waals surface area contributed by atoms with Crippen LogP contribution >= 0.6 is 0 Å². The van der Waals surface area contributed by atoms with E-state index >= 15 is 0 Å². The Hall–Kier alpha value is -2.17. The van der Waals surface area contributed by atoms with Gasteiger partial charge in [-0.2, -0.15) is 0 Å². The van der Waals surface area contributed by atoms with Crippen LogP contribution in [0.15, 0.2) is 24.3 Å². The van der Waals surface area contributed by atoms with Crippen molar-refractivity contribution in [1.82, 2.24) is 9.80 Å². The van der Waals surface area contributed by atoms with Crippen LogP contribution in [0.4, 0.5) is 0 Å². The van der Waals surface area contributed by atoms with Gasteiger partial charge in [0.05, 0.1) is 11.1 Å². The Balaban J connectivity index is 1.85. The van der Waals surface area contributed by atoms with E-state index in [-0.39, 0.29) is 29.7 Å². The van der Waals surface area contributed by atoms with Gasteiger partial charge in [0.15, 0.2) is 0 Å². The van der Waals surface area contributed by atoms with Crippen LogP contribution in [0.2, 0.25) is 0 Å². The van der Waals surface area contributed by atoms with Crippen molar-refractivity contribution in [3.05, 3.63) is 35.4 Å². The molecule has 2 aliphatic heterocycles. The van der Waals surface area contributed by atoms with Crippen molar-refractivity contribution in [3.8, 4) is 0 Å². The van der Waals surface area contributed by atoms with E-state index in [1.807, 2.05) is 6.92 Å². The third kappa shape index (κ3) is 2.13. The Bertz CT molecular complexity index is 591.